The van der Waals surface area contributed by atoms with E-state index >= 15 is 0 Å². The minimum Gasteiger partial charge on any atom is -0.497 e. The Hall–Kier alpha value is -1.09. The summed E-state index contributed by atoms with van der Waals surface area (Å²) in [5, 5.41) is 3.50. The highest BCUT2D eigenvalue weighted by Gasteiger charge is 2.19. The SMILES string of the molecule is COc1cc(C)nc(CNC(C)C(C)(C)C)c1. The lowest BCUT2D eigenvalue weighted by atomic mass is 9.88. The molecule has 96 valence electrons. The van der Waals surface area contributed by atoms with Crippen LogP contribution in [-0.2, 0) is 6.54 Å². The highest BCUT2D eigenvalue weighted by molar-refractivity contribution is 5.26. The average Bonchev–Trinajstić information content (AvgIpc) is 2.23. The molecule has 3 nitrogen and oxygen atoms in total. The summed E-state index contributed by atoms with van der Waals surface area (Å²) in [7, 11) is 1.68. The van der Waals surface area contributed by atoms with E-state index in [0.29, 0.717) is 6.04 Å². The largest absolute Gasteiger partial charge is 0.497 e. The molecule has 0 spiro atoms. The van der Waals surface area contributed by atoms with E-state index in [9.17, 15) is 0 Å². The third-order valence-corrected chi connectivity index (χ3v) is 3.10. The van der Waals surface area contributed by atoms with Crippen LogP contribution in [-0.4, -0.2) is 18.1 Å². The Kier molecular flexibility index (Phi) is 4.52. The van der Waals surface area contributed by atoms with E-state index in [1.807, 2.05) is 19.1 Å². The molecule has 0 saturated heterocycles. The first-order valence-corrected chi connectivity index (χ1v) is 6.08. The lowest BCUT2D eigenvalue weighted by Gasteiger charge is -2.28. The highest BCUT2D eigenvalue weighted by atomic mass is 16.5. The lowest BCUT2D eigenvalue weighted by Crippen LogP contribution is -2.37. The second-order valence-corrected chi connectivity index (χ2v) is 5.61. The van der Waals surface area contributed by atoms with E-state index in [2.05, 4.69) is 38.0 Å². The summed E-state index contributed by atoms with van der Waals surface area (Å²) in [6.45, 7) is 11.7. The number of nitrogens with one attached hydrogen (secondary N) is 1. The molecule has 1 N–H and O–H groups in total. The number of ether oxygens (including phenoxy) is 1. The summed E-state index contributed by atoms with van der Waals surface area (Å²) in [5.74, 6) is 0.873. The van der Waals surface area contributed by atoms with Gasteiger partial charge in [0.05, 0.1) is 12.8 Å². The summed E-state index contributed by atoms with van der Waals surface area (Å²) in [6.07, 6.45) is 0. The molecule has 1 rings (SSSR count). The van der Waals surface area contributed by atoms with E-state index in [1.54, 1.807) is 7.11 Å². The van der Waals surface area contributed by atoms with Crippen LogP contribution < -0.4 is 10.1 Å². The Morgan fingerprint density at radius 3 is 2.53 bits per heavy atom. The van der Waals surface area contributed by atoms with Crippen LogP contribution in [0.4, 0.5) is 0 Å². The van der Waals surface area contributed by atoms with Crippen molar-refractivity contribution in [3.8, 4) is 5.75 Å². The second kappa shape index (κ2) is 5.50. The Balaban J connectivity index is 2.66. The van der Waals surface area contributed by atoms with Crippen LogP contribution in [0.25, 0.3) is 0 Å². The van der Waals surface area contributed by atoms with E-state index in [-0.39, 0.29) is 5.41 Å². The molecular weight excluding hydrogens is 212 g/mol. The minimum atomic E-state index is 0.258. The van der Waals surface area contributed by atoms with Gasteiger partial charge in [0, 0.05) is 30.4 Å². The van der Waals surface area contributed by atoms with E-state index in [1.165, 1.54) is 0 Å². The molecule has 0 amide bonds. The van der Waals surface area contributed by atoms with Gasteiger partial charge >= 0.3 is 0 Å². The molecule has 0 bridgehead atoms. The standard InChI is InChI=1S/C14H24N2O/c1-10-7-13(17-6)8-12(16-10)9-15-11(2)14(3,4)5/h7-8,11,15H,9H2,1-6H3. The average molecular weight is 236 g/mol. The van der Waals surface area contributed by atoms with Crippen molar-refractivity contribution in [2.75, 3.05) is 7.11 Å². The zero-order valence-electron chi connectivity index (χ0n) is 11.8. The molecule has 1 aromatic rings. The summed E-state index contributed by atoms with van der Waals surface area (Å²) >= 11 is 0. The first kappa shape index (κ1) is 14.0. The van der Waals surface area contributed by atoms with Crippen LogP contribution in [0.3, 0.4) is 0 Å². The molecule has 3 heteroatoms. The molecule has 0 fully saturated rings. The Morgan fingerprint density at radius 1 is 1.35 bits per heavy atom. The number of hydrogen-bond donors (Lipinski definition) is 1. The highest BCUT2D eigenvalue weighted by Crippen LogP contribution is 2.19. The van der Waals surface area contributed by atoms with Gasteiger partial charge in [-0.3, -0.25) is 4.98 Å². The number of aryl methyl sites for hydroxylation is 1. The number of rotatable bonds is 4. The summed E-state index contributed by atoms with van der Waals surface area (Å²) in [4.78, 5) is 4.49. The van der Waals surface area contributed by atoms with Gasteiger partial charge in [0.1, 0.15) is 5.75 Å². The number of aromatic nitrogens is 1. The van der Waals surface area contributed by atoms with Crippen molar-refractivity contribution in [3.05, 3.63) is 23.5 Å². The summed E-state index contributed by atoms with van der Waals surface area (Å²) in [5.41, 5.74) is 2.27. The topological polar surface area (TPSA) is 34.1 Å². The van der Waals surface area contributed by atoms with Crippen LogP contribution in [0.2, 0.25) is 0 Å². The smallest absolute Gasteiger partial charge is 0.122 e. The van der Waals surface area contributed by atoms with Crippen LogP contribution >= 0.6 is 0 Å². The third-order valence-electron chi connectivity index (χ3n) is 3.10. The number of nitrogens with zero attached hydrogens (tertiary/aromatic N) is 1. The van der Waals surface area contributed by atoms with Gasteiger partial charge < -0.3 is 10.1 Å². The first-order chi connectivity index (χ1) is 7.82. The van der Waals surface area contributed by atoms with Crippen LogP contribution in [0.5, 0.6) is 5.75 Å². The van der Waals surface area contributed by atoms with Crippen molar-refractivity contribution >= 4 is 0 Å². The van der Waals surface area contributed by atoms with Gasteiger partial charge in [-0.05, 0) is 19.3 Å². The fourth-order valence-corrected chi connectivity index (χ4v) is 1.48. The van der Waals surface area contributed by atoms with Crippen LogP contribution in [0.15, 0.2) is 12.1 Å². The van der Waals surface area contributed by atoms with Gasteiger partial charge in [-0.2, -0.15) is 0 Å². The van der Waals surface area contributed by atoms with Crippen molar-refractivity contribution in [1.82, 2.24) is 10.3 Å². The van der Waals surface area contributed by atoms with Crippen molar-refractivity contribution in [2.24, 2.45) is 5.41 Å². The number of pyridine rings is 1. The maximum atomic E-state index is 5.24. The molecule has 0 aromatic carbocycles. The van der Waals surface area contributed by atoms with Crippen molar-refractivity contribution in [3.63, 3.8) is 0 Å². The molecule has 0 aliphatic rings. The number of hydrogen-bond acceptors (Lipinski definition) is 3. The monoisotopic (exact) mass is 236 g/mol. The lowest BCUT2D eigenvalue weighted by molar-refractivity contribution is 0.284. The van der Waals surface area contributed by atoms with Gasteiger partial charge in [-0.25, -0.2) is 0 Å². The molecular formula is C14H24N2O. The van der Waals surface area contributed by atoms with Crippen molar-refractivity contribution in [2.45, 2.75) is 47.2 Å². The molecule has 1 heterocycles. The molecule has 1 unspecified atom stereocenters. The van der Waals surface area contributed by atoms with Crippen LogP contribution in [0.1, 0.15) is 39.1 Å². The molecule has 0 aliphatic heterocycles. The third kappa shape index (κ3) is 4.35. The molecule has 0 radical (unpaired) electrons. The number of methoxy groups -OCH3 is 1. The molecule has 17 heavy (non-hydrogen) atoms. The van der Waals surface area contributed by atoms with Gasteiger partial charge in [0.15, 0.2) is 0 Å². The summed E-state index contributed by atoms with van der Waals surface area (Å²) < 4.78 is 5.24. The Bertz CT molecular complexity index is 369. The van der Waals surface area contributed by atoms with E-state index < -0.39 is 0 Å². The van der Waals surface area contributed by atoms with Crippen molar-refractivity contribution < 1.29 is 4.74 Å². The molecule has 1 atom stereocenters. The summed E-state index contributed by atoms with van der Waals surface area (Å²) in [6, 6.07) is 4.36. The predicted octanol–water partition coefficient (Wildman–Crippen LogP) is 2.92. The fourth-order valence-electron chi connectivity index (χ4n) is 1.48. The van der Waals surface area contributed by atoms with Crippen molar-refractivity contribution in [1.29, 1.82) is 0 Å². The van der Waals surface area contributed by atoms with E-state index in [4.69, 9.17) is 4.74 Å². The van der Waals surface area contributed by atoms with Gasteiger partial charge in [-0.1, -0.05) is 20.8 Å². The van der Waals surface area contributed by atoms with Gasteiger partial charge in [-0.15, -0.1) is 0 Å². The zero-order chi connectivity index (χ0) is 13.1. The van der Waals surface area contributed by atoms with E-state index in [0.717, 1.165) is 23.7 Å². The Labute approximate surface area is 105 Å². The second-order valence-electron chi connectivity index (χ2n) is 5.61. The Morgan fingerprint density at radius 2 is 2.00 bits per heavy atom. The predicted molar refractivity (Wildman–Crippen MR) is 71.3 cm³/mol. The maximum Gasteiger partial charge on any atom is 0.122 e. The quantitative estimate of drug-likeness (QED) is 0.872. The normalized spacial score (nSPS) is 13.5. The molecule has 0 aliphatic carbocycles. The van der Waals surface area contributed by atoms with Gasteiger partial charge in [0.25, 0.3) is 0 Å². The zero-order valence-corrected chi connectivity index (χ0v) is 11.8. The minimum absolute atomic E-state index is 0.258. The molecule has 1 aromatic heterocycles. The maximum absolute atomic E-state index is 5.24. The molecule has 0 saturated carbocycles. The van der Waals surface area contributed by atoms with Crippen LogP contribution in [0, 0.1) is 12.3 Å². The first-order valence-electron chi connectivity index (χ1n) is 6.08. The van der Waals surface area contributed by atoms with Gasteiger partial charge in [0.2, 0.25) is 0 Å². The fraction of sp³-hybridized carbons (Fsp3) is 0.643.